The highest BCUT2D eigenvalue weighted by atomic mass is 32.2. The minimum Gasteiger partial charge on any atom is -0.464 e. The van der Waals surface area contributed by atoms with Gasteiger partial charge in [0.15, 0.2) is 0 Å². The van der Waals surface area contributed by atoms with Crippen LogP contribution >= 0.6 is 0 Å². The summed E-state index contributed by atoms with van der Waals surface area (Å²) in [5.74, 6) is -0.478. The largest absolute Gasteiger partial charge is 0.464 e. The molecule has 0 bridgehead atoms. The smallest absolute Gasteiger partial charge is 0.309 e. The first-order valence-corrected chi connectivity index (χ1v) is 11.7. The van der Waals surface area contributed by atoms with E-state index in [1.54, 1.807) is 4.90 Å². The summed E-state index contributed by atoms with van der Waals surface area (Å²) in [6.45, 7) is 7.56. The molecule has 0 radical (unpaired) electrons. The van der Waals surface area contributed by atoms with Crippen LogP contribution in [0.2, 0.25) is 0 Å². The van der Waals surface area contributed by atoms with Crippen molar-refractivity contribution < 1.29 is 22.7 Å². The predicted octanol–water partition coefficient (Wildman–Crippen LogP) is 2.18. The maximum Gasteiger partial charge on any atom is 0.309 e. The van der Waals surface area contributed by atoms with E-state index in [0.717, 1.165) is 29.7 Å². The van der Waals surface area contributed by atoms with Gasteiger partial charge in [-0.05, 0) is 51.2 Å². The number of carbonyl (C=O) groups is 2. The predicted molar refractivity (Wildman–Crippen MR) is 109 cm³/mol. The summed E-state index contributed by atoms with van der Waals surface area (Å²) >= 11 is 0. The molecule has 0 atom stereocenters. The van der Waals surface area contributed by atoms with Crippen molar-refractivity contribution in [1.82, 2.24) is 9.21 Å². The maximum atomic E-state index is 13.1. The molecule has 1 aromatic rings. The minimum atomic E-state index is -3.59. The van der Waals surface area contributed by atoms with Crippen molar-refractivity contribution in [3.05, 3.63) is 28.8 Å². The number of rotatable bonds is 6. The molecule has 2 aliphatic rings. The fraction of sp³-hybridized carbons (Fsp3) is 0.619. The molecule has 0 spiro atoms. The molecule has 2 aliphatic heterocycles. The molecule has 1 aromatic carbocycles. The van der Waals surface area contributed by atoms with Gasteiger partial charge in [-0.2, -0.15) is 4.31 Å². The molecule has 0 saturated carbocycles. The van der Waals surface area contributed by atoms with Crippen molar-refractivity contribution in [2.24, 2.45) is 5.92 Å². The molecule has 0 N–H and O–H groups in total. The van der Waals surface area contributed by atoms with E-state index in [1.165, 1.54) is 4.31 Å². The lowest BCUT2D eigenvalue weighted by atomic mass is 9.98. The van der Waals surface area contributed by atoms with E-state index in [-0.39, 0.29) is 24.4 Å². The number of carbonyl (C=O) groups excluding carboxylic acids is 2. The lowest BCUT2D eigenvalue weighted by Gasteiger charge is -2.31. The van der Waals surface area contributed by atoms with Gasteiger partial charge in [-0.25, -0.2) is 8.42 Å². The van der Waals surface area contributed by atoms with Gasteiger partial charge < -0.3 is 9.64 Å². The zero-order valence-electron chi connectivity index (χ0n) is 17.4. The Hall–Kier alpha value is -1.93. The molecule has 7 nitrogen and oxygen atoms in total. The first-order valence-electron chi connectivity index (χ1n) is 10.2. The zero-order valence-corrected chi connectivity index (χ0v) is 18.3. The van der Waals surface area contributed by atoms with Gasteiger partial charge in [0.25, 0.3) is 0 Å². The van der Waals surface area contributed by atoms with Crippen LogP contribution in [0.25, 0.3) is 0 Å². The number of hydrogen-bond acceptors (Lipinski definition) is 5. The minimum absolute atomic E-state index is 0.112. The van der Waals surface area contributed by atoms with Crippen molar-refractivity contribution in [3.8, 4) is 0 Å². The molecule has 2 heterocycles. The van der Waals surface area contributed by atoms with Crippen molar-refractivity contribution in [3.63, 3.8) is 0 Å². The fourth-order valence-electron chi connectivity index (χ4n) is 4.35. The third-order valence-corrected chi connectivity index (χ3v) is 7.97. The second kappa shape index (κ2) is 8.83. The number of likely N-dealkylation sites (tertiary alicyclic amines) is 1. The van der Waals surface area contributed by atoms with Gasteiger partial charge in [0, 0.05) is 26.1 Å². The fourth-order valence-corrected chi connectivity index (χ4v) is 6.23. The van der Waals surface area contributed by atoms with E-state index in [4.69, 9.17) is 4.74 Å². The normalized spacial score (nSPS) is 19.0. The summed E-state index contributed by atoms with van der Waals surface area (Å²) in [5.41, 5.74) is 2.54. The molecule has 3 rings (SSSR count). The lowest BCUT2D eigenvalue weighted by Crippen LogP contribution is -2.41. The average Bonchev–Trinajstić information content (AvgIpc) is 3.05. The van der Waals surface area contributed by atoms with E-state index in [9.17, 15) is 18.0 Å². The van der Waals surface area contributed by atoms with Crippen LogP contribution in [0.3, 0.4) is 0 Å². The highest BCUT2D eigenvalue weighted by molar-refractivity contribution is 7.89. The number of esters is 1. The Bertz CT molecular complexity index is 865. The Morgan fingerprint density at radius 1 is 1.10 bits per heavy atom. The van der Waals surface area contributed by atoms with Gasteiger partial charge in [-0.1, -0.05) is 17.7 Å². The standard InChI is InChI=1S/C21H30N2O5S/c1-15-13-16(2)20(17(3)14-15)29(26,27)23-9-6-18(7-10-23)21(25)28-12-11-22-8-4-5-19(22)24/h13-14,18H,4-12H2,1-3H3. The van der Waals surface area contributed by atoms with Crippen molar-refractivity contribution >= 4 is 21.9 Å². The van der Waals surface area contributed by atoms with Crippen LogP contribution in [0, 0.1) is 26.7 Å². The molecular formula is C21H30N2O5S. The van der Waals surface area contributed by atoms with E-state index in [2.05, 4.69) is 0 Å². The number of ether oxygens (including phenoxy) is 1. The average molecular weight is 423 g/mol. The second-order valence-corrected chi connectivity index (χ2v) is 9.93. The molecular weight excluding hydrogens is 392 g/mol. The van der Waals surface area contributed by atoms with Gasteiger partial charge in [0.05, 0.1) is 17.4 Å². The summed E-state index contributed by atoms with van der Waals surface area (Å²) in [6.07, 6.45) is 2.33. The van der Waals surface area contributed by atoms with Gasteiger partial charge >= 0.3 is 5.97 Å². The topological polar surface area (TPSA) is 84.0 Å². The number of hydrogen-bond donors (Lipinski definition) is 0. The Labute approximate surface area is 173 Å². The van der Waals surface area contributed by atoms with Gasteiger partial charge in [0.1, 0.15) is 6.61 Å². The van der Waals surface area contributed by atoms with Crippen LogP contribution in [0.15, 0.2) is 17.0 Å². The Morgan fingerprint density at radius 3 is 2.28 bits per heavy atom. The van der Waals surface area contributed by atoms with E-state index < -0.39 is 10.0 Å². The van der Waals surface area contributed by atoms with Crippen LogP contribution in [-0.2, 0) is 24.3 Å². The molecule has 8 heteroatoms. The summed E-state index contributed by atoms with van der Waals surface area (Å²) < 4.78 is 33.1. The highest BCUT2D eigenvalue weighted by Gasteiger charge is 2.34. The summed E-state index contributed by atoms with van der Waals surface area (Å²) in [4.78, 5) is 26.0. The van der Waals surface area contributed by atoms with E-state index >= 15 is 0 Å². The molecule has 0 unspecified atom stereocenters. The zero-order chi connectivity index (χ0) is 21.2. The Balaban J connectivity index is 1.54. The monoisotopic (exact) mass is 422 g/mol. The highest BCUT2D eigenvalue weighted by Crippen LogP contribution is 2.29. The number of sulfonamides is 1. The molecule has 0 aliphatic carbocycles. The van der Waals surface area contributed by atoms with Crippen LogP contribution in [0.5, 0.6) is 0 Å². The molecule has 1 amide bonds. The van der Waals surface area contributed by atoms with E-state index in [1.807, 2.05) is 32.9 Å². The van der Waals surface area contributed by atoms with Crippen LogP contribution in [0.4, 0.5) is 0 Å². The van der Waals surface area contributed by atoms with Crippen LogP contribution < -0.4 is 0 Å². The molecule has 0 aromatic heterocycles. The second-order valence-electron chi connectivity index (χ2n) is 8.06. The lowest BCUT2D eigenvalue weighted by molar-refractivity contribution is -0.151. The summed E-state index contributed by atoms with van der Waals surface area (Å²) in [7, 11) is -3.59. The van der Waals surface area contributed by atoms with Crippen LogP contribution in [0.1, 0.15) is 42.4 Å². The van der Waals surface area contributed by atoms with Gasteiger partial charge in [-0.15, -0.1) is 0 Å². The third kappa shape index (κ3) is 4.80. The van der Waals surface area contributed by atoms with Gasteiger partial charge in [-0.3, -0.25) is 9.59 Å². The quantitative estimate of drug-likeness (QED) is 0.656. The van der Waals surface area contributed by atoms with Crippen molar-refractivity contribution in [2.75, 3.05) is 32.8 Å². The summed E-state index contributed by atoms with van der Waals surface area (Å²) in [6, 6.07) is 3.77. The van der Waals surface area contributed by atoms with Crippen molar-refractivity contribution in [1.29, 1.82) is 0 Å². The Morgan fingerprint density at radius 2 is 1.72 bits per heavy atom. The Kier molecular flexibility index (Phi) is 6.63. The first-order chi connectivity index (χ1) is 13.7. The number of amides is 1. The van der Waals surface area contributed by atoms with Crippen molar-refractivity contribution in [2.45, 2.75) is 51.3 Å². The third-order valence-electron chi connectivity index (χ3n) is 5.77. The molecule has 160 valence electrons. The number of benzene rings is 1. The molecule has 2 fully saturated rings. The molecule has 29 heavy (non-hydrogen) atoms. The maximum absolute atomic E-state index is 13.1. The number of piperidine rings is 1. The molecule has 2 saturated heterocycles. The number of nitrogens with zero attached hydrogens (tertiary/aromatic N) is 2. The van der Waals surface area contributed by atoms with Gasteiger partial charge in [0.2, 0.25) is 15.9 Å². The number of aryl methyl sites for hydroxylation is 3. The first kappa shape index (κ1) is 21.8. The van der Waals surface area contributed by atoms with E-state index in [0.29, 0.717) is 43.8 Å². The summed E-state index contributed by atoms with van der Waals surface area (Å²) in [5, 5.41) is 0. The SMILES string of the molecule is Cc1cc(C)c(S(=O)(=O)N2CCC(C(=O)OCCN3CCCC3=O)CC2)c(C)c1. The van der Waals surface area contributed by atoms with Crippen LogP contribution in [-0.4, -0.2) is 62.3 Å².